The third-order valence-corrected chi connectivity index (χ3v) is 13.8. The van der Waals surface area contributed by atoms with Crippen molar-refractivity contribution in [3.05, 3.63) is 243 Å². The van der Waals surface area contributed by atoms with E-state index in [0.717, 1.165) is 88.4 Å². The van der Waals surface area contributed by atoms with Gasteiger partial charge in [0.2, 0.25) is 0 Å². The molecule has 0 N–H and O–H groups in total. The summed E-state index contributed by atoms with van der Waals surface area (Å²) in [5.74, 6) is 1.77. The molecule has 3 aromatic heterocycles. The average Bonchev–Trinajstić information content (AvgIpc) is 3.99. The fraction of sp³-hybridized carbons (Fsp3) is 0. The van der Waals surface area contributed by atoms with Crippen LogP contribution in [-0.2, 0) is 0 Å². The molecule has 0 radical (unpaired) electrons. The van der Waals surface area contributed by atoms with Gasteiger partial charge in [-0.05, 0) is 104 Å². The van der Waals surface area contributed by atoms with E-state index in [1.807, 2.05) is 24.3 Å². The van der Waals surface area contributed by atoms with E-state index in [4.69, 9.17) is 19.4 Å². The third kappa shape index (κ3) is 6.59. The second-order valence-corrected chi connectivity index (χ2v) is 17.9. The summed E-state index contributed by atoms with van der Waals surface area (Å²) in [6, 6.07) is 85.8. The Hall–Kier alpha value is -9.45. The lowest BCUT2D eigenvalue weighted by atomic mass is 9.93. The van der Waals surface area contributed by atoms with E-state index < -0.39 is 0 Å². The topological polar surface area (TPSA) is 56.7 Å². The van der Waals surface area contributed by atoms with Gasteiger partial charge < -0.3 is 8.98 Å². The second kappa shape index (κ2) is 16.1. The van der Waals surface area contributed by atoms with Crippen molar-refractivity contribution < 1.29 is 4.42 Å². The molecule has 0 aliphatic heterocycles. The Labute approximate surface area is 403 Å². The predicted octanol–water partition coefficient (Wildman–Crippen LogP) is 17.2. The number of benzene rings is 11. The third-order valence-electron chi connectivity index (χ3n) is 13.8. The highest BCUT2D eigenvalue weighted by atomic mass is 16.3. The van der Waals surface area contributed by atoms with Crippen LogP contribution in [0.2, 0.25) is 0 Å². The van der Waals surface area contributed by atoms with Crippen LogP contribution in [-0.4, -0.2) is 19.5 Å². The SMILES string of the molecule is c1ccc(-c2ccc(-c3cccc(-c4nc(-c5ccccc5)nc(-c5ccc(-n6c7ccccc7c7cc8ccccc8cc76)cc5-c5cccc6oc7c8ccccc8ccc7c56)n4)c3)cc2)cc1. The zero-order valence-corrected chi connectivity index (χ0v) is 37.8. The maximum Gasteiger partial charge on any atom is 0.164 e. The summed E-state index contributed by atoms with van der Waals surface area (Å²) in [4.78, 5) is 16.0. The number of aromatic nitrogens is 4. The average molecular weight is 893 g/mol. The summed E-state index contributed by atoms with van der Waals surface area (Å²) in [6.45, 7) is 0. The van der Waals surface area contributed by atoms with Gasteiger partial charge in [-0.3, -0.25) is 0 Å². The van der Waals surface area contributed by atoms with Gasteiger partial charge in [-0.1, -0.05) is 188 Å². The molecule has 0 saturated carbocycles. The van der Waals surface area contributed by atoms with Crippen LogP contribution in [0.3, 0.4) is 0 Å². The Morgan fingerprint density at radius 3 is 1.70 bits per heavy atom. The van der Waals surface area contributed by atoms with E-state index in [0.29, 0.717) is 17.5 Å². The van der Waals surface area contributed by atoms with E-state index in [9.17, 15) is 0 Å². The van der Waals surface area contributed by atoms with Gasteiger partial charge in [0.25, 0.3) is 0 Å². The monoisotopic (exact) mass is 892 g/mol. The number of nitrogens with zero attached hydrogens (tertiary/aromatic N) is 4. The first-order valence-corrected chi connectivity index (χ1v) is 23.7. The Morgan fingerprint density at radius 1 is 0.300 bits per heavy atom. The van der Waals surface area contributed by atoms with Crippen molar-refractivity contribution in [1.82, 2.24) is 19.5 Å². The van der Waals surface area contributed by atoms with Gasteiger partial charge in [0, 0.05) is 49.3 Å². The number of rotatable bonds is 7. The summed E-state index contributed by atoms with van der Waals surface area (Å²) >= 11 is 0. The molecule has 0 unspecified atom stereocenters. The molecule has 0 saturated heterocycles. The van der Waals surface area contributed by atoms with Crippen molar-refractivity contribution >= 4 is 65.3 Å². The lowest BCUT2D eigenvalue weighted by Crippen LogP contribution is -2.02. The van der Waals surface area contributed by atoms with Crippen molar-refractivity contribution in [2.24, 2.45) is 0 Å². The normalized spacial score (nSPS) is 11.7. The van der Waals surface area contributed by atoms with Gasteiger partial charge in [0.1, 0.15) is 11.2 Å². The highest BCUT2D eigenvalue weighted by Gasteiger charge is 2.23. The molecule has 14 rings (SSSR count). The second-order valence-electron chi connectivity index (χ2n) is 17.9. The molecule has 0 fully saturated rings. The van der Waals surface area contributed by atoms with Crippen LogP contribution < -0.4 is 0 Å². The molecule has 3 heterocycles. The van der Waals surface area contributed by atoms with Crippen molar-refractivity contribution in [1.29, 1.82) is 0 Å². The van der Waals surface area contributed by atoms with Crippen LogP contribution in [0.15, 0.2) is 247 Å². The molecule has 0 aliphatic rings. The maximum atomic E-state index is 6.82. The summed E-state index contributed by atoms with van der Waals surface area (Å²) in [5.41, 5.74) is 14.2. The molecule has 14 aromatic rings. The number of fused-ring (bicyclic) bond motifs is 9. The zero-order valence-electron chi connectivity index (χ0n) is 37.8. The molecule has 5 heteroatoms. The van der Waals surface area contributed by atoms with E-state index in [1.54, 1.807) is 0 Å². The summed E-state index contributed by atoms with van der Waals surface area (Å²) in [5, 5.41) is 9.13. The molecule has 0 atom stereocenters. The van der Waals surface area contributed by atoms with Gasteiger partial charge in [0.05, 0.1) is 11.0 Å². The molecule has 5 nitrogen and oxygen atoms in total. The molecule has 0 amide bonds. The van der Waals surface area contributed by atoms with Crippen LogP contribution >= 0.6 is 0 Å². The van der Waals surface area contributed by atoms with Gasteiger partial charge in [-0.15, -0.1) is 0 Å². The number of hydrogen-bond donors (Lipinski definition) is 0. The lowest BCUT2D eigenvalue weighted by Gasteiger charge is -2.16. The Morgan fingerprint density at radius 2 is 0.900 bits per heavy atom. The molecule has 11 aromatic carbocycles. The van der Waals surface area contributed by atoms with Crippen molar-refractivity contribution in [2.75, 3.05) is 0 Å². The van der Waals surface area contributed by atoms with Crippen LogP contribution in [0.1, 0.15) is 0 Å². The van der Waals surface area contributed by atoms with Gasteiger partial charge in [-0.2, -0.15) is 0 Å². The summed E-state index contributed by atoms with van der Waals surface area (Å²) < 4.78 is 9.22. The Balaban J connectivity index is 1.01. The molecule has 326 valence electrons. The van der Waals surface area contributed by atoms with Gasteiger partial charge in [-0.25, -0.2) is 15.0 Å². The number of furan rings is 1. The van der Waals surface area contributed by atoms with Crippen molar-refractivity contribution in [3.63, 3.8) is 0 Å². The van der Waals surface area contributed by atoms with Crippen LogP contribution in [0.5, 0.6) is 0 Å². The van der Waals surface area contributed by atoms with Crippen LogP contribution in [0.25, 0.3) is 139 Å². The minimum absolute atomic E-state index is 0.575. The Bertz CT molecular complexity index is 4340. The molecule has 0 bridgehead atoms. The molecule has 0 aliphatic carbocycles. The predicted molar refractivity (Wildman–Crippen MR) is 289 cm³/mol. The maximum absolute atomic E-state index is 6.82. The minimum Gasteiger partial charge on any atom is -0.455 e. The quantitative estimate of drug-likeness (QED) is 0.160. The van der Waals surface area contributed by atoms with E-state index >= 15 is 0 Å². The lowest BCUT2D eigenvalue weighted by molar-refractivity contribution is 0.673. The van der Waals surface area contributed by atoms with E-state index in [1.165, 1.54) is 32.7 Å². The largest absolute Gasteiger partial charge is 0.455 e. The van der Waals surface area contributed by atoms with Crippen LogP contribution in [0, 0.1) is 0 Å². The standard InChI is InChI=1S/C65H40N4O/c1-3-15-41(16-4-1)42-29-31-43(32-30-42)46-22-13-23-49(37-46)64-66-63(45-18-5-2-6-19-45)67-65(68-64)54-36-34-50(69-58-27-12-11-25-52(58)57-38-47-20-7-8-21-48(47)39-59(57)69)40-56(54)53-26-14-28-60-61(53)55-35-33-44-17-9-10-24-51(44)62(55)70-60/h1-40H. The molecule has 0 spiro atoms. The molecular formula is C65H40N4O. The first-order valence-electron chi connectivity index (χ1n) is 23.7. The first kappa shape index (κ1) is 39.7. The van der Waals surface area contributed by atoms with Crippen molar-refractivity contribution in [3.8, 4) is 73.2 Å². The Kier molecular flexibility index (Phi) is 9.14. The van der Waals surface area contributed by atoms with Crippen LogP contribution in [0.4, 0.5) is 0 Å². The van der Waals surface area contributed by atoms with E-state index in [-0.39, 0.29) is 0 Å². The van der Waals surface area contributed by atoms with E-state index in [2.05, 4.69) is 223 Å². The highest BCUT2D eigenvalue weighted by molar-refractivity contribution is 6.20. The van der Waals surface area contributed by atoms with Gasteiger partial charge in [0.15, 0.2) is 17.5 Å². The number of para-hydroxylation sites is 1. The molecular weight excluding hydrogens is 853 g/mol. The van der Waals surface area contributed by atoms with Crippen molar-refractivity contribution in [2.45, 2.75) is 0 Å². The first-order chi connectivity index (χ1) is 34.7. The minimum atomic E-state index is 0.575. The summed E-state index contributed by atoms with van der Waals surface area (Å²) in [6.07, 6.45) is 0. The smallest absolute Gasteiger partial charge is 0.164 e. The zero-order chi connectivity index (χ0) is 46.1. The fourth-order valence-electron chi connectivity index (χ4n) is 10.5. The summed E-state index contributed by atoms with van der Waals surface area (Å²) in [7, 11) is 0. The molecule has 70 heavy (non-hydrogen) atoms. The fourth-order valence-corrected chi connectivity index (χ4v) is 10.5. The highest BCUT2D eigenvalue weighted by Crippen LogP contribution is 2.44. The number of hydrogen-bond acceptors (Lipinski definition) is 4. The van der Waals surface area contributed by atoms with Gasteiger partial charge >= 0.3 is 0 Å².